The van der Waals surface area contributed by atoms with Gasteiger partial charge in [-0.05, 0) is 22.0 Å². The highest BCUT2D eigenvalue weighted by Crippen LogP contribution is 2.20. The van der Waals surface area contributed by atoms with Crippen molar-refractivity contribution in [2.24, 2.45) is 0 Å². The van der Waals surface area contributed by atoms with Crippen LogP contribution in [0, 0.1) is 0 Å². The zero-order valence-corrected chi connectivity index (χ0v) is 9.86. The molecule has 0 saturated carbocycles. The van der Waals surface area contributed by atoms with E-state index in [9.17, 15) is 4.79 Å². The topological polar surface area (TPSA) is 53.4 Å². The molecule has 15 heavy (non-hydrogen) atoms. The maximum Gasteiger partial charge on any atom is 0.339 e. The summed E-state index contributed by atoms with van der Waals surface area (Å²) < 4.78 is 0.649. The molecule has 1 N–H and O–H groups in total. The number of hydrogen-bond acceptors (Lipinski definition) is 3. The molecule has 0 aliphatic heterocycles. The molecular formula is C10H11BrN2O2. The van der Waals surface area contributed by atoms with Crippen molar-refractivity contribution in [1.29, 1.82) is 0 Å². The Labute approximate surface area is 96.4 Å². The monoisotopic (exact) mass is 270 g/mol. The molecule has 1 aromatic heterocycles. The second-order valence-electron chi connectivity index (χ2n) is 3.00. The fourth-order valence-electron chi connectivity index (χ4n) is 1.17. The molecule has 5 heteroatoms. The van der Waals surface area contributed by atoms with Crippen molar-refractivity contribution in [3.63, 3.8) is 0 Å². The minimum absolute atomic E-state index is 0.175. The molecule has 0 radical (unpaired) electrons. The van der Waals surface area contributed by atoms with Crippen LogP contribution in [-0.4, -0.2) is 29.7 Å². The molecule has 0 aromatic carbocycles. The summed E-state index contributed by atoms with van der Waals surface area (Å²) in [5.74, 6) is -0.555. The molecule has 1 rings (SSSR count). The zero-order valence-electron chi connectivity index (χ0n) is 8.27. The van der Waals surface area contributed by atoms with E-state index in [1.54, 1.807) is 24.2 Å². The van der Waals surface area contributed by atoms with Gasteiger partial charge in [-0.2, -0.15) is 0 Å². The Morgan fingerprint density at radius 1 is 1.80 bits per heavy atom. The number of anilines is 1. The molecule has 80 valence electrons. The number of rotatable bonds is 4. The summed E-state index contributed by atoms with van der Waals surface area (Å²) in [6, 6.07) is 1.53. The number of nitrogens with zero attached hydrogens (tertiary/aromatic N) is 2. The lowest BCUT2D eigenvalue weighted by atomic mass is 10.2. The van der Waals surface area contributed by atoms with Gasteiger partial charge >= 0.3 is 5.97 Å². The lowest BCUT2D eigenvalue weighted by Gasteiger charge is -2.17. The fourth-order valence-corrected chi connectivity index (χ4v) is 1.51. The van der Waals surface area contributed by atoms with Crippen LogP contribution >= 0.6 is 15.9 Å². The Bertz CT molecular complexity index is 393. The van der Waals surface area contributed by atoms with Gasteiger partial charge in [0.15, 0.2) is 0 Å². The molecule has 0 aliphatic carbocycles. The van der Waals surface area contributed by atoms with E-state index in [1.807, 2.05) is 0 Å². The van der Waals surface area contributed by atoms with Crippen molar-refractivity contribution in [3.8, 4) is 0 Å². The summed E-state index contributed by atoms with van der Waals surface area (Å²) in [6.07, 6.45) is 3.26. The smallest absolute Gasteiger partial charge is 0.339 e. The van der Waals surface area contributed by atoms with E-state index in [1.165, 1.54) is 6.07 Å². The first-order chi connectivity index (χ1) is 7.06. The first kappa shape index (κ1) is 11.7. The third-order valence-electron chi connectivity index (χ3n) is 1.83. The van der Waals surface area contributed by atoms with E-state index < -0.39 is 5.97 Å². The van der Waals surface area contributed by atoms with Gasteiger partial charge < -0.3 is 10.0 Å². The first-order valence-electron chi connectivity index (χ1n) is 4.27. The minimum Gasteiger partial charge on any atom is -0.478 e. The molecule has 0 unspecified atom stereocenters. The van der Waals surface area contributed by atoms with E-state index >= 15 is 0 Å². The van der Waals surface area contributed by atoms with Crippen LogP contribution in [0.15, 0.2) is 29.4 Å². The Balaban J connectivity index is 3.16. The summed E-state index contributed by atoms with van der Waals surface area (Å²) in [6.45, 7) is 4.14. The average Bonchev–Trinajstić information content (AvgIpc) is 2.17. The van der Waals surface area contributed by atoms with Crippen LogP contribution in [0.4, 0.5) is 5.82 Å². The highest BCUT2D eigenvalue weighted by atomic mass is 79.9. The molecule has 0 aliphatic rings. The molecule has 1 heterocycles. The summed E-state index contributed by atoms with van der Waals surface area (Å²) >= 11 is 3.19. The van der Waals surface area contributed by atoms with E-state index in [2.05, 4.69) is 27.5 Å². The van der Waals surface area contributed by atoms with Crippen LogP contribution in [-0.2, 0) is 0 Å². The summed E-state index contributed by atoms with van der Waals surface area (Å²) in [7, 11) is 1.77. The van der Waals surface area contributed by atoms with Crippen molar-refractivity contribution in [1.82, 2.24) is 4.98 Å². The molecule has 0 atom stereocenters. The molecule has 0 amide bonds. The number of aromatic nitrogens is 1. The van der Waals surface area contributed by atoms with Crippen molar-refractivity contribution in [2.75, 3.05) is 18.5 Å². The number of pyridine rings is 1. The van der Waals surface area contributed by atoms with Gasteiger partial charge in [0.25, 0.3) is 0 Å². The normalized spacial score (nSPS) is 9.73. The van der Waals surface area contributed by atoms with Crippen molar-refractivity contribution in [3.05, 3.63) is 35.0 Å². The second kappa shape index (κ2) is 4.93. The summed E-state index contributed by atoms with van der Waals surface area (Å²) in [5.41, 5.74) is 0.175. The van der Waals surface area contributed by atoms with Gasteiger partial charge in [0, 0.05) is 24.3 Å². The van der Waals surface area contributed by atoms with Gasteiger partial charge in [-0.25, -0.2) is 9.78 Å². The Morgan fingerprint density at radius 2 is 2.47 bits per heavy atom. The second-order valence-corrected chi connectivity index (χ2v) is 3.91. The predicted octanol–water partition coefficient (Wildman–Crippen LogP) is 2.16. The molecular weight excluding hydrogens is 260 g/mol. The molecule has 0 bridgehead atoms. The van der Waals surface area contributed by atoms with Crippen LogP contribution in [0.25, 0.3) is 0 Å². The molecule has 0 fully saturated rings. The molecule has 0 saturated heterocycles. The maximum atomic E-state index is 11.0. The first-order valence-corrected chi connectivity index (χ1v) is 5.06. The van der Waals surface area contributed by atoms with Crippen LogP contribution in [0.1, 0.15) is 10.4 Å². The summed E-state index contributed by atoms with van der Waals surface area (Å²) in [5, 5.41) is 8.99. The summed E-state index contributed by atoms with van der Waals surface area (Å²) in [4.78, 5) is 16.8. The molecule has 4 nitrogen and oxygen atoms in total. The van der Waals surface area contributed by atoms with Gasteiger partial charge in [0.1, 0.15) is 11.4 Å². The van der Waals surface area contributed by atoms with Gasteiger partial charge in [0.2, 0.25) is 0 Å². The van der Waals surface area contributed by atoms with Crippen molar-refractivity contribution < 1.29 is 9.90 Å². The van der Waals surface area contributed by atoms with E-state index in [-0.39, 0.29) is 5.56 Å². The standard InChI is InChI=1S/C10H11BrN2O2/c1-3-4-13(2)9-8(10(14)15)5-7(11)6-12-9/h3,5-6H,1,4H2,2H3,(H,14,15). The van der Waals surface area contributed by atoms with Gasteiger partial charge in [-0.3, -0.25) is 0 Å². The SMILES string of the molecule is C=CCN(C)c1ncc(Br)cc1C(=O)O. The van der Waals surface area contributed by atoms with Crippen molar-refractivity contribution in [2.45, 2.75) is 0 Å². The Kier molecular flexibility index (Phi) is 3.85. The average molecular weight is 271 g/mol. The number of likely N-dealkylation sites (N-methyl/N-ethyl adjacent to an activating group) is 1. The fraction of sp³-hybridized carbons (Fsp3) is 0.200. The number of carboxylic acids is 1. The number of halogens is 1. The molecule has 1 aromatic rings. The minimum atomic E-state index is -0.991. The highest BCUT2D eigenvalue weighted by Gasteiger charge is 2.14. The van der Waals surface area contributed by atoms with E-state index in [4.69, 9.17) is 5.11 Å². The quantitative estimate of drug-likeness (QED) is 0.853. The number of aromatic carboxylic acids is 1. The van der Waals surface area contributed by atoms with E-state index in [0.717, 1.165) is 0 Å². The lowest BCUT2D eigenvalue weighted by molar-refractivity contribution is 0.0697. The van der Waals surface area contributed by atoms with Crippen LogP contribution in [0.5, 0.6) is 0 Å². The highest BCUT2D eigenvalue weighted by molar-refractivity contribution is 9.10. The lowest BCUT2D eigenvalue weighted by Crippen LogP contribution is -2.21. The van der Waals surface area contributed by atoms with Gasteiger partial charge in [-0.1, -0.05) is 6.08 Å². The largest absolute Gasteiger partial charge is 0.478 e. The van der Waals surface area contributed by atoms with Gasteiger partial charge in [-0.15, -0.1) is 6.58 Å². The van der Waals surface area contributed by atoms with E-state index in [0.29, 0.717) is 16.8 Å². The molecule has 0 spiro atoms. The predicted molar refractivity (Wildman–Crippen MR) is 62.4 cm³/mol. The van der Waals surface area contributed by atoms with Crippen LogP contribution in [0.3, 0.4) is 0 Å². The van der Waals surface area contributed by atoms with Crippen molar-refractivity contribution >= 4 is 27.7 Å². The number of hydrogen-bond donors (Lipinski definition) is 1. The Morgan fingerprint density at radius 3 is 3.00 bits per heavy atom. The Hall–Kier alpha value is -1.36. The maximum absolute atomic E-state index is 11.0. The number of carbonyl (C=O) groups is 1. The van der Waals surface area contributed by atoms with Crippen LogP contribution in [0.2, 0.25) is 0 Å². The van der Waals surface area contributed by atoms with Gasteiger partial charge in [0.05, 0.1) is 0 Å². The number of carboxylic acid groups (broad SMARTS) is 1. The van der Waals surface area contributed by atoms with Crippen LogP contribution < -0.4 is 4.90 Å². The zero-order chi connectivity index (χ0) is 11.4. The third-order valence-corrected chi connectivity index (χ3v) is 2.26. The third kappa shape index (κ3) is 2.79.